The topological polar surface area (TPSA) is 63.1 Å². The van der Waals surface area contributed by atoms with E-state index in [0.29, 0.717) is 5.75 Å². The predicted octanol–water partition coefficient (Wildman–Crippen LogP) is 6.65. The number of anilines is 1. The first kappa shape index (κ1) is 24.5. The zero-order chi connectivity index (χ0) is 24.0. The highest BCUT2D eigenvalue weighted by Gasteiger charge is 2.39. The van der Waals surface area contributed by atoms with Gasteiger partial charge in [0.05, 0.1) is 18.1 Å². The highest BCUT2D eigenvalue weighted by atomic mass is 32.2. The number of unbranched alkanes of at least 4 members (excludes halogenated alkanes) is 1. The molecular weight excluding hydrogens is 442 g/mol. The van der Waals surface area contributed by atoms with Gasteiger partial charge in [0.2, 0.25) is 5.91 Å². The van der Waals surface area contributed by atoms with Crippen molar-refractivity contribution in [1.82, 2.24) is 0 Å². The number of nitrogens with one attached hydrogen (secondary N) is 1. The van der Waals surface area contributed by atoms with Crippen molar-refractivity contribution in [3.63, 3.8) is 0 Å². The lowest BCUT2D eigenvalue weighted by Crippen LogP contribution is -2.28. The molecule has 0 atom stereocenters. The Balaban J connectivity index is 1.47. The molecule has 5 nitrogen and oxygen atoms in total. The monoisotopic (exact) mass is 477 g/mol. The van der Waals surface area contributed by atoms with Crippen molar-refractivity contribution in [2.45, 2.75) is 65.0 Å². The van der Waals surface area contributed by atoms with Gasteiger partial charge in [-0.2, -0.15) is 0 Å². The van der Waals surface area contributed by atoms with Gasteiger partial charge < -0.3 is 10.1 Å². The fourth-order valence-electron chi connectivity index (χ4n) is 4.27. The maximum Gasteiger partial charge on any atom is 0.234 e. The number of thioether (sulfide) groups is 1. The number of hydrogen-bond acceptors (Lipinski definition) is 5. The molecule has 1 spiro atoms. The van der Waals surface area contributed by atoms with Gasteiger partial charge in [-0.1, -0.05) is 49.7 Å². The van der Waals surface area contributed by atoms with E-state index in [1.807, 2.05) is 43.3 Å². The van der Waals surface area contributed by atoms with E-state index in [9.17, 15) is 4.79 Å². The molecule has 1 saturated carbocycles. The molecule has 1 amide bonds. The van der Waals surface area contributed by atoms with Crippen molar-refractivity contribution in [2.24, 2.45) is 15.9 Å². The van der Waals surface area contributed by atoms with Crippen molar-refractivity contribution in [3.8, 4) is 5.75 Å². The minimum atomic E-state index is -0.367. The van der Waals surface area contributed by atoms with E-state index < -0.39 is 0 Å². The van der Waals surface area contributed by atoms with Crippen LogP contribution in [0, 0.1) is 12.8 Å². The van der Waals surface area contributed by atoms with Gasteiger partial charge in [0.15, 0.2) is 5.66 Å². The lowest BCUT2D eigenvalue weighted by Gasteiger charge is -2.30. The number of benzene rings is 2. The minimum absolute atomic E-state index is 0.0335. The van der Waals surface area contributed by atoms with Crippen LogP contribution < -0.4 is 10.1 Å². The zero-order valence-corrected chi connectivity index (χ0v) is 21.3. The first-order valence-electron chi connectivity index (χ1n) is 12.4. The molecule has 180 valence electrons. The van der Waals surface area contributed by atoms with Crippen LogP contribution in [0.2, 0.25) is 0 Å². The maximum atomic E-state index is 12.6. The second-order valence-corrected chi connectivity index (χ2v) is 10.4. The average Bonchev–Trinajstić information content (AvgIpc) is 3.20. The molecule has 1 fully saturated rings. The van der Waals surface area contributed by atoms with Gasteiger partial charge in [-0.15, -0.1) is 0 Å². The standard InChI is InChI=1S/C28H35N3O2S/c1-4-5-18-33-24-12-8-22(9-13-24)26-27(31-28(30-26)16-14-21(3)15-17-28)34-19-25(32)29-23-10-6-20(2)7-11-23/h6-13,21H,4-5,14-19H2,1-3H3,(H,29,32). The quantitative estimate of drug-likeness (QED) is 0.433. The summed E-state index contributed by atoms with van der Waals surface area (Å²) in [7, 11) is 0. The predicted molar refractivity (Wildman–Crippen MR) is 143 cm³/mol. The molecule has 1 aliphatic heterocycles. The largest absolute Gasteiger partial charge is 0.494 e. The van der Waals surface area contributed by atoms with Gasteiger partial charge in [0, 0.05) is 11.3 Å². The fraction of sp³-hybridized carbons (Fsp3) is 0.464. The highest BCUT2D eigenvalue weighted by Crippen LogP contribution is 2.40. The van der Waals surface area contributed by atoms with Crippen molar-refractivity contribution in [2.75, 3.05) is 17.7 Å². The van der Waals surface area contributed by atoms with Crippen LogP contribution in [0.1, 0.15) is 63.5 Å². The summed E-state index contributed by atoms with van der Waals surface area (Å²) in [5.41, 5.74) is 3.55. The number of carbonyl (C=O) groups excluding carboxylic acids is 1. The lowest BCUT2D eigenvalue weighted by atomic mass is 9.83. The molecule has 0 bridgehead atoms. The van der Waals surface area contributed by atoms with Crippen LogP contribution in [-0.4, -0.2) is 34.7 Å². The lowest BCUT2D eigenvalue weighted by molar-refractivity contribution is -0.113. The number of aryl methyl sites for hydroxylation is 1. The molecule has 1 aliphatic carbocycles. The fourth-order valence-corrected chi connectivity index (χ4v) is 5.15. The van der Waals surface area contributed by atoms with Crippen LogP contribution in [0.3, 0.4) is 0 Å². The molecule has 0 radical (unpaired) electrons. The summed E-state index contributed by atoms with van der Waals surface area (Å²) in [6.45, 7) is 7.23. The molecule has 1 N–H and O–H groups in total. The van der Waals surface area contributed by atoms with Crippen LogP contribution >= 0.6 is 11.8 Å². The van der Waals surface area contributed by atoms with E-state index in [1.54, 1.807) is 0 Å². The Morgan fingerprint density at radius 2 is 1.79 bits per heavy atom. The summed E-state index contributed by atoms with van der Waals surface area (Å²) in [5, 5.41) is 3.85. The minimum Gasteiger partial charge on any atom is -0.494 e. The summed E-state index contributed by atoms with van der Waals surface area (Å²) in [6.07, 6.45) is 6.37. The Hall–Kier alpha value is -2.60. The molecule has 34 heavy (non-hydrogen) atoms. The van der Waals surface area contributed by atoms with Crippen LogP contribution in [0.25, 0.3) is 0 Å². The third-order valence-electron chi connectivity index (χ3n) is 6.48. The number of ether oxygens (including phenoxy) is 1. The summed E-state index contributed by atoms with van der Waals surface area (Å²) in [6, 6.07) is 16.0. The van der Waals surface area contributed by atoms with Crippen molar-refractivity contribution in [1.29, 1.82) is 0 Å². The summed E-state index contributed by atoms with van der Waals surface area (Å²) in [4.78, 5) is 22.9. The smallest absolute Gasteiger partial charge is 0.234 e. The van der Waals surface area contributed by atoms with Crippen LogP contribution in [0.15, 0.2) is 58.5 Å². The molecule has 4 rings (SSSR count). The Kier molecular flexibility index (Phi) is 8.09. The van der Waals surface area contributed by atoms with Crippen LogP contribution in [0.5, 0.6) is 5.75 Å². The molecule has 2 aromatic carbocycles. The summed E-state index contributed by atoms with van der Waals surface area (Å²) >= 11 is 1.48. The number of hydrogen-bond donors (Lipinski definition) is 1. The molecular formula is C28H35N3O2S. The van der Waals surface area contributed by atoms with E-state index in [2.05, 4.69) is 31.3 Å². The van der Waals surface area contributed by atoms with E-state index in [-0.39, 0.29) is 11.6 Å². The van der Waals surface area contributed by atoms with E-state index >= 15 is 0 Å². The van der Waals surface area contributed by atoms with E-state index in [0.717, 1.165) is 78.8 Å². The number of amides is 1. The van der Waals surface area contributed by atoms with Crippen molar-refractivity contribution >= 4 is 34.1 Å². The third-order valence-corrected chi connectivity index (χ3v) is 7.44. The first-order valence-corrected chi connectivity index (χ1v) is 13.4. The molecule has 0 unspecified atom stereocenters. The number of aliphatic imine (C=N–C) groups is 2. The molecule has 2 aromatic rings. The van der Waals surface area contributed by atoms with E-state index in [4.69, 9.17) is 14.7 Å². The number of carbonyl (C=O) groups is 1. The highest BCUT2D eigenvalue weighted by molar-refractivity contribution is 8.16. The second kappa shape index (κ2) is 11.2. The Morgan fingerprint density at radius 3 is 2.47 bits per heavy atom. The molecule has 0 saturated heterocycles. The van der Waals surface area contributed by atoms with Crippen molar-refractivity contribution in [3.05, 3.63) is 59.7 Å². The summed E-state index contributed by atoms with van der Waals surface area (Å²) in [5.74, 6) is 1.86. The normalized spacial score (nSPS) is 21.8. The van der Waals surface area contributed by atoms with Gasteiger partial charge in [0.1, 0.15) is 10.8 Å². The van der Waals surface area contributed by atoms with Gasteiger partial charge >= 0.3 is 0 Å². The van der Waals surface area contributed by atoms with Crippen LogP contribution in [0.4, 0.5) is 5.69 Å². The van der Waals surface area contributed by atoms with Gasteiger partial charge in [-0.05, 0) is 81.3 Å². The van der Waals surface area contributed by atoms with Crippen molar-refractivity contribution < 1.29 is 9.53 Å². The van der Waals surface area contributed by atoms with Gasteiger partial charge in [-0.3, -0.25) is 9.79 Å². The molecule has 0 aromatic heterocycles. The first-order chi connectivity index (χ1) is 16.5. The Morgan fingerprint density at radius 1 is 1.09 bits per heavy atom. The molecule has 6 heteroatoms. The third kappa shape index (κ3) is 6.29. The summed E-state index contributed by atoms with van der Waals surface area (Å²) < 4.78 is 5.83. The molecule has 1 heterocycles. The number of rotatable bonds is 8. The van der Waals surface area contributed by atoms with Gasteiger partial charge in [0.25, 0.3) is 0 Å². The average molecular weight is 478 g/mol. The SMILES string of the molecule is CCCCOc1ccc(C2=NC3(CCC(C)CC3)N=C2SCC(=O)Nc2ccc(C)cc2)cc1. The van der Waals surface area contributed by atoms with E-state index in [1.165, 1.54) is 17.3 Å². The van der Waals surface area contributed by atoms with Crippen LogP contribution in [-0.2, 0) is 4.79 Å². The second-order valence-electron chi connectivity index (χ2n) is 9.47. The number of nitrogens with zero attached hydrogens (tertiary/aromatic N) is 2. The maximum absolute atomic E-state index is 12.6. The zero-order valence-electron chi connectivity index (χ0n) is 20.5. The molecule has 2 aliphatic rings. The Labute approximate surface area is 207 Å². The Bertz CT molecular complexity index is 1040. The van der Waals surface area contributed by atoms with Gasteiger partial charge in [-0.25, -0.2) is 4.99 Å².